The lowest BCUT2D eigenvalue weighted by Crippen LogP contribution is -2.03. The van der Waals surface area contributed by atoms with Gasteiger partial charge < -0.3 is 4.74 Å². The van der Waals surface area contributed by atoms with E-state index in [0.29, 0.717) is 11.4 Å². The number of pyridine rings is 1. The van der Waals surface area contributed by atoms with Crippen LogP contribution in [0.5, 0.6) is 5.88 Å². The molecule has 1 rings (SSSR count). The van der Waals surface area contributed by atoms with Gasteiger partial charge in [-0.2, -0.15) is 8.78 Å². The molecule has 1 heterocycles. The van der Waals surface area contributed by atoms with E-state index in [2.05, 4.69) is 19.7 Å². The van der Waals surface area contributed by atoms with E-state index < -0.39 is 6.61 Å². The van der Waals surface area contributed by atoms with Gasteiger partial charge in [0.05, 0.1) is 5.69 Å². The van der Waals surface area contributed by atoms with Crippen molar-refractivity contribution in [3.05, 3.63) is 17.8 Å². The highest BCUT2D eigenvalue weighted by Crippen LogP contribution is 2.20. The van der Waals surface area contributed by atoms with E-state index in [4.69, 9.17) is 5.53 Å². The second-order valence-electron chi connectivity index (χ2n) is 2.33. The summed E-state index contributed by atoms with van der Waals surface area (Å²) in [5, 5.41) is 3.41. The fraction of sp³-hybridized carbons (Fsp3) is 0.286. The Morgan fingerprint density at radius 2 is 2.29 bits per heavy atom. The van der Waals surface area contributed by atoms with E-state index in [1.165, 1.54) is 12.1 Å². The maximum absolute atomic E-state index is 11.8. The largest absolute Gasteiger partial charge is 0.417 e. The molecule has 5 nitrogen and oxygen atoms in total. The van der Waals surface area contributed by atoms with Crippen molar-refractivity contribution in [2.75, 3.05) is 0 Å². The lowest BCUT2D eigenvalue weighted by atomic mass is 10.3. The minimum absolute atomic E-state index is 0.179. The van der Waals surface area contributed by atoms with Crippen LogP contribution in [-0.4, -0.2) is 11.6 Å². The maximum Gasteiger partial charge on any atom is 0.388 e. The van der Waals surface area contributed by atoms with Crippen molar-refractivity contribution in [1.29, 1.82) is 5.53 Å². The zero-order valence-electron chi connectivity index (χ0n) is 7.24. The van der Waals surface area contributed by atoms with Gasteiger partial charge in [0.25, 0.3) is 0 Å². The van der Waals surface area contributed by atoms with E-state index in [1.807, 2.05) is 0 Å². The maximum atomic E-state index is 11.8. The Kier molecular flexibility index (Phi) is 3.19. The first-order valence-corrected chi connectivity index (χ1v) is 3.63. The fourth-order valence-electron chi connectivity index (χ4n) is 0.847. The summed E-state index contributed by atoms with van der Waals surface area (Å²) >= 11 is 0. The third kappa shape index (κ3) is 2.56. The molecule has 0 spiro atoms. The van der Waals surface area contributed by atoms with Crippen molar-refractivity contribution in [2.45, 2.75) is 13.5 Å². The monoisotopic (exact) mass is 201 g/mol. The van der Waals surface area contributed by atoms with Crippen LogP contribution in [0.4, 0.5) is 14.5 Å². The Hall–Kier alpha value is -1.88. The van der Waals surface area contributed by atoms with Crippen molar-refractivity contribution in [3.8, 4) is 5.88 Å². The molecular formula is C7H7F2N4O+. The second-order valence-corrected chi connectivity index (χ2v) is 2.33. The molecule has 74 valence electrons. The van der Waals surface area contributed by atoms with Crippen LogP contribution in [0.1, 0.15) is 5.69 Å². The molecule has 0 bridgehead atoms. The number of nitrogens with zero attached hydrogens (tertiary/aromatic N) is 3. The molecule has 0 aliphatic rings. The van der Waals surface area contributed by atoms with Crippen molar-refractivity contribution < 1.29 is 13.5 Å². The van der Waals surface area contributed by atoms with E-state index in [1.54, 1.807) is 6.92 Å². The van der Waals surface area contributed by atoms with Crippen LogP contribution in [0.15, 0.2) is 17.2 Å². The molecule has 0 saturated carbocycles. The van der Waals surface area contributed by atoms with Gasteiger partial charge in [-0.25, -0.2) is 4.98 Å². The molecule has 1 N–H and O–H groups in total. The van der Waals surface area contributed by atoms with Gasteiger partial charge in [-0.1, -0.05) is 0 Å². The highest BCUT2D eigenvalue weighted by molar-refractivity contribution is 5.42. The summed E-state index contributed by atoms with van der Waals surface area (Å²) in [6, 6.07) is 2.64. The Labute approximate surface area is 78.0 Å². The van der Waals surface area contributed by atoms with Gasteiger partial charge in [0.2, 0.25) is 10.8 Å². The lowest BCUT2D eigenvalue weighted by Gasteiger charge is -2.03. The van der Waals surface area contributed by atoms with Crippen LogP contribution in [0.2, 0.25) is 0 Å². The SMILES string of the molecule is Cc1nc(OC(F)F)ccc1N=[N+]=N. The summed E-state index contributed by atoms with van der Waals surface area (Å²) in [6.07, 6.45) is 0. The van der Waals surface area contributed by atoms with Gasteiger partial charge in [-0.05, 0) is 13.0 Å². The van der Waals surface area contributed by atoms with Crippen LogP contribution < -0.4 is 9.65 Å². The number of halogens is 2. The Morgan fingerprint density at radius 3 is 2.79 bits per heavy atom. The number of nitrogens with one attached hydrogen (secondary N) is 1. The standard InChI is InChI=1S/C7H7F2N4O/c1-4-5(12-13-10)2-3-6(11-4)14-7(8)9/h2-3,7,10H,1H3/q+1. The zero-order valence-corrected chi connectivity index (χ0v) is 7.24. The summed E-state index contributed by atoms with van der Waals surface area (Å²) in [5.41, 5.74) is 7.21. The van der Waals surface area contributed by atoms with Gasteiger partial charge in [-0.3, -0.25) is 0 Å². The molecule has 1 aromatic heterocycles. The molecule has 0 unspecified atom stereocenters. The van der Waals surface area contributed by atoms with Gasteiger partial charge in [0.15, 0.2) is 10.8 Å². The predicted octanol–water partition coefficient (Wildman–Crippen LogP) is 2.17. The van der Waals surface area contributed by atoms with Crippen LogP contribution in [0.3, 0.4) is 0 Å². The number of ether oxygens (including phenoxy) is 1. The number of aryl methyl sites for hydroxylation is 1. The minimum atomic E-state index is -2.90. The third-order valence-electron chi connectivity index (χ3n) is 1.40. The summed E-state index contributed by atoms with van der Waals surface area (Å²) in [5.74, 6) is -0.179. The van der Waals surface area contributed by atoms with Gasteiger partial charge >= 0.3 is 6.61 Å². The quantitative estimate of drug-likeness (QED) is 0.601. The first-order valence-electron chi connectivity index (χ1n) is 3.63. The van der Waals surface area contributed by atoms with Crippen molar-refractivity contribution in [2.24, 2.45) is 5.11 Å². The molecule has 14 heavy (non-hydrogen) atoms. The highest BCUT2D eigenvalue weighted by Gasteiger charge is 2.09. The van der Waals surface area contributed by atoms with E-state index >= 15 is 0 Å². The molecule has 1 aromatic rings. The summed E-state index contributed by atoms with van der Waals surface area (Å²) in [7, 11) is 0. The first kappa shape index (κ1) is 10.2. The molecule has 0 aliphatic carbocycles. The van der Waals surface area contributed by atoms with Crippen molar-refractivity contribution in [1.82, 2.24) is 9.90 Å². The molecule has 0 fully saturated rings. The molecule has 0 radical (unpaired) electrons. The summed E-state index contributed by atoms with van der Waals surface area (Å²) in [4.78, 5) is 6.50. The van der Waals surface area contributed by atoms with Gasteiger partial charge in [-0.15, -0.1) is 0 Å². The fourth-order valence-corrected chi connectivity index (χ4v) is 0.847. The number of alkyl halides is 2. The number of rotatable bonds is 3. The highest BCUT2D eigenvalue weighted by atomic mass is 19.3. The predicted molar refractivity (Wildman–Crippen MR) is 42.5 cm³/mol. The second kappa shape index (κ2) is 4.38. The zero-order chi connectivity index (χ0) is 10.6. The van der Waals surface area contributed by atoms with Gasteiger partial charge in [0.1, 0.15) is 5.53 Å². The van der Waals surface area contributed by atoms with E-state index in [0.717, 1.165) is 0 Å². The number of aromatic nitrogens is 1. The van der Waals surface area contributed by atoms with Crippen molar-refractivity contribution in [3.63, 3.8) is 0 Å². The minimum Gasteiger partial charge on any atom is -0.417 e. The normalized spacial score (nSPS) is 9.71. The van der Waals surface area contributed by atoms with E-state index in [-0.39, 0.29) is 5.88 Å². The average Bonchev–Trinajstić information content (AvgIpc) is 2.09. The van der Waals surface area contributed by atoms with Crippen LogP contribution in [-0.2, 0) is 0 Å². The van der Waals surface area contributed by atoms with Crippen molar-refractivity contribution >= 4 is 5.69 Å². The molecule has 0 aliphatic heterocycles. The topological polar surface area (TPSA) is 72.4 Å². The number of hydrogen-bond acceptors (Lipinski definition) is 4. The van der Waals surface area contributed by atoms with Gasteiger partial charge in [0, 0.05) is 6.07 Å². The Bertz CT molecular complexity index is 376. The molecule has 0 amide bonds. The molecule has 0 saturated heterocycles. The van der Waals surface area contributed by atoms with Crippen LogP contribution in [0.25, 0.3) is 0 Å². The van der Waals surface area contributed by atoms with E-state index in [9.17, 15) is 8.78 Å². The average molecular weight is 201 g/mol. The molecule has 0 atom stereocenters. The smallest absolute Gasteiger partial charge is 0.388 e. The lowest BCUT2D eigenvalue weighted by molar-refractivity contribution is -0.0529. The summed E-state index contributed by atoms with van der Waals surface area (Å²) in [6.45, 7) is -1.34. The number of hydrogen-bond donors (Lipinski definition) is 1. The van der Waals surface area contributed by atoms with Crippen LogP contribution >= 0.6 is 0 Å². The summed E-state index contributed by atoms with van der Waals surface area (Å²) < 4.78 is 27.6. The first-order chi connectivity index (χ1) is 6.63. The molecule has 7 heteroatoms. The Morgan fingerprint density at radius 1 is 1.57 bits per heavy atom. The molecule has 0 aromatic carbocycles. The van der Waals surface area contributed by atoms with Crippen LogP contribution in [0, 0.1) is 12.5 Å². The Balaban J connectivity index is 2.94. The molecular weight excluding hydrogens is 194 g/mol. The third-order valence-corrected chi connectivity index (χ3v) is 1.40.